The molecule has 3 aromatic rings. The van der Waals surface area contributed by atoms with E-state index in [0.29, 0.717) is 32.7 Å². The summed E-state index contributed by atoms with van der Waals surface area (Å²) in [5.74, 6) is 0.750. The van der Waals surface area contributed by atoms with E-state index in [2.05, 4.69) is 23.8 Å². The summed E-state index contributed by atoms with van der Waals surface area (Å²) in [5.41, 5.74) is 1.99. The van der Waals surface area contributed by atoms with E-state index in [0.717, 1.165) is 5.69 Å². The Labute approximate surface area is 126 Å². The summed E-state index contributed by atoms with van der Waals surface area (Å²) in [4.78, 5) is 20.3. The quantitative estimate of drug-likeness (QED) is 0.731. The zero-order valence-electron chi connectivity index (χ0n) is 12.0. The number of fused-ring (bicyclic) bond motifs is 2. The molecule has 108 valence electrons. The van der Waals surface area contributed by atoms with Gasteiger partial charge in [-0.25, -0.2) is 4.98 Å². The summed E-state index contributed by atoms with van der Waals surface area (Å²) in [6.45, 7) is 4.12. The zero-order valence-corrected chi connectivity index (χ0v) is 12.8. The number of hydrogen-bond acceptors (Lipinski definition) is 3. The van der Waals surface area contributed by atoms with Gasteiger partial charge < -0.3 is 9.72 Å². The SMILES string of the molecule is COc1c(Cl)ccc2c(=O)c3ccc(C(C)C)nc3[nH]c12. The van der Waals surface area contributed by atoms with Gasteiger partial charge in [-0.2, -0.15) is 0 Å². The molecule has 0 unspecified atom stereocenters. The number of hydrogen-bond donors (Lipinski definition) is 1. The van der Waals surface area contributed by atoms with Crippen LogP contribution in [0.2, 0.25) is 5.02 Å². The van der Waals surface area contributed by atoms with Crippen molar-refractivity contribution in [2.45, 2.75) is 19.8 Å². The van der Waals surface area contributed by atoms with Gasteiger partial charge in [-0.05, 0) is 30.2 Å². The van der Waals surface area contributed by atoms with E-state index >= 15 is 0 Å². The third kappa shape index (κ3) is 2.16. The fourth-order valence-corrected chi connectivity index (χ4v) is 2.64. The number of methoxy groups -OCH3 is 1. The van der Waals surface area contributed by atoms with Crippen molar-refractivity contribution in [3.63, 3.8) is 0 Å². The van der Waals surface area contributed by atoms with Gasteiger partial charge in [-0.1, -0.05) is 25.4 Å². The number of H-pyrrole nitrogens is 1. The van der Waals surface area contributed by atoms with Crippen LogP contribution in [-0.4, -0.2) is 17.1 Å². The van der Waals surface area contributed by atoms with Gasteiger partial charge in [0.15, 0.2) is 11.2 Å². The van der Waals surface area contributed by atoms with Crippen LogP contribution < -0.4 is 10.2 Å². The lowest BCUT2D eigenvalue weighted by Crippen LogP contribution is -2.07. The Morgan fingerprint density at radius 3 is 2.57 bits per heavy atom. The van der Waals surface area contributed by atoms with Crippen molar-refractivity contribution < 1.29 is 4.74 Å². The first-order valence-corrected chi connectivity index (χ1v) is 7.10. The van der Waals surface area contributed by atoms with Gasteiger partial charge in [-0.3, -0.25) is 4.79 Å². The standard InChI is InChI=1S/C16H15ClN2O2/c1-8(2)12-7-5-10-14(20)9-4-6-11(17)15(21-3)13(9)19-16(10)18-12/h4-8H,1-3H3,(H,18,19,20). The minimum Gasteiger partial charge on any atom is -0.493 e. The predicted molar refractivity (Wildman–Crippen MR) is 85.5 cm³/mol. The molecular weight excluding hydrogens is 288 g/mol. The summed E-state index contributed by atoms with van der Waals surface area (Å²) in [5, 5.41) is 1.57. The highest BCUT2D eigenvalue weighted by molar-refractivity contribution is 6.33. The van der Waals surface area contributed by atoms with Gasteiger partial charge in [0.2, 0.25) is 0 Å². The molecule has 5 heteroatoms. The lowest BCUT2D eigenvalue weighted by Gasteiger charge is -2.10. The summed E-state index contributed by atoms with van der Waals surface area (Å²) in [6, 6.07) is 7.08. The lowest BCUT2D eigenvalue weighted by atomic mass is 10.1. The zero-order chi connectivity index (χ0) is 15.1. The molecule has 0 aliphatic rings. The second-order valence-corrected chi connectivity index (χ2v) is 5.65. The first-order valence-electron chi connectivity index (χ1n) is 6.72. The normalized spacial score (nSPS) is 11.5. The number of ether oxygens (including phenoxy) is 1. The Balaban J connectivity index is 2.47. The van der Waals surface area contributed by atoms with Crippen LogP contribution in [0.4, 0.5) is 0 Å². The van der Waals surface area contributed by atoms with Crippen molar-refractivity contribution >= 4 is 33.5 Å². The van der Waals surface area contributed by atoms with Crippen LogP contribution in [0.25, 0.3) is 21.9 Å². The van der Waals surface area contributed by atoms with Crippen LogP contribution in [0, 0.1) is 0 Å². The molecular formula is C16H15ClN2O2. The van der Waals surface area contributed by atoms with Crippen LogP contribution in [0.3, 0.4) is 0 Å². The van der Waals surface area contributed by atoms with Crippen molar-refractivity contribution in [1.82, 2.24) is 9.97 Å². The van der Waals surface area contributed by atoms with E-state index in [9.17, 15) is 4.79 Å². The Hall–Kier alpha value is -2.07. The van der Waals surface area contributed by atoms with E-state index in [1.807, 2.05) is 12.1 Å². The second kappa shape index (κ2) is 5.04. The minimum absolute atomic E-state index is 0.0727. The third-order valence-electron chi connectivity index (χ3n) is 3.55. The van der Waals surface area contributed by atoms with Gasteiger partial charge in [0.25, 0.3) is 0 Å². The van der Waals surface area contributed by atoms with Gasteiger partial charge in [-0.15, -0.1) is 0 Å². The van der Waals surface area contributed by atoms with Gasteiger partial charge in [0, 0.05) is 5.69 Å². The average Bonchev–Trinajstić information content (AvgIpc) is 2.46. The highest BCUT2D eigenvalue weighted by Crippen LogP contribution is 2.31. The van der Waals surface area contributed by atoms with Crippen LogP contribution in [0.1, 0.15) is 25.5 Å². The monoisotopic (exact) mass is 302 g/mol. The maximum atomic E-state index is 12.6. The molecule has 0 radical (unpaired) electrons. The smallest absolute Gasteiger partial charge is 0.198 e. The number of aromatic nitrogens is 2. The number of halogens is 1. The van der Waals surface area contributed by atoms with E-state index in [-0.39, 0.29) is 11.3 Å². The number of nitrogens with one attached hydrogen (secondary N) is 1. The summed E-state index contributed by atoms with van der Waals surface area (Å²) in [6.07, 6.45) is 0. The molecule has 0 saturated carbocycles. The molecule has 0 saturated heterocycles. The first-order chi connectivity index (χ1) is 10.0. The Bertz CT molecular complexity index is 900. The number of benzene rings is 1. The van der Waals surface area contributed by atoms with E-state index in [1.54, 1.807) is 12.1 Å². The molecule has 0 aliphatic carbocycles. The highest BCUT2D eigenvalue weighted by Gasteiger charge is 2.13. The molecule has 3 rings (SSSR count). The second-order valence-electron chi connectivity index (χ2n) is 5.24. The molecule has 21 heavy (non-hydrogen) atoms. The topological polar surface area (TPSA) is 55.0 Å². The lowest BCUT2D eigenvalue weighted by molar-refractivity contribution is 0.419. The third-order valence-corrected chi connectivity index (χ3v) is 3.85. The Morgan fingerprint density at radius 2 is 1.90 bits per heavy atom. The molecule has 0 amide bonds. The molecule has 0 atom stereocenters. The van der Waals surface area contributed by atoms with Gasteiger partial charge >= 0.3 is 0 Å². The van der Waals surface area contributed by atoms with Gasteiger partial charge in [0.1, 0.15) is 5.65 Å². The van der Waals surface area contributed by atoms with Crippen LogP contribution in [0.15, 0.2) is 29.1 Å². The molecule has 4 nitrogen and oxygen atoms in total. The number of aromatic amines is 1. The molecule has 0 bridgehead atoms. The summed E-state index contributed by atoms with van der Waals surface area (Å²) in [7, 11) is 1.53. The molecule has 0 aliphatic heterocycles. The molecule has 0 fully saturated rings. The van der Waals surface area contributed by atoms with Crippen molar-refractivity contribution in [2.24, 2.45) is 0 Å². The van der Waals surface area contributed by atoms with E-state index in [1.165, 1.54) is 7.11 Å². The molecule has 2 heterocycles. The van der Waals surface area contributed by atoms with E-state index in [4.69, 9.17) is 16.3 Å². The molecule has 1 N–H and O–H groups in total. The fraction of sp³-hybridized carbons (Fsp3) is 0.250. The predicted octanol–water partition coefficient (Wildman–Crippen LogP) is 3.86. The van der Waals surface area contributed by atoms with Crippen LogP contribution >= 0.6 is 11.6 Å². The number of pyridine rings is 2. The number of nitrogens with zero attached hydrogens (tertiary/aromatic N) is 1. The van der Waals surface area contributed by atoms with E-state index < -0.39 is 0 Å². The van der Waals surface area contributed by atoms with Crippen molar-refractivity contribution in [1.29, 1.82) is 0 Å². The summed E-state index contributed by atoms with van der Waals surface area (Å²) >= 11 is 6.12. The van der Waals surface area contributed by atoms with Crippen molar-refractivity contribution in [2.75, 3.05) is 7.11 Å². The highest BCUT2D eigenvalue weighted by atomic mass is 35.5. The Morgan fingerprint density at radius 1 is 1.19 bits per heavy atom. The maximum Gasteiger partial charge on any atom is 0.198 e. The van der Waals surface area contributed by atoms with Crippen molar-refractivity contribution in [3.8, 4) is 5.75 Å². The Kier molecular flexibility index (Phi) is 3.33. The first kappa shape index (κ1) is 13.9. The number of rotatable bonds is 2. The molecule has 2 aromatic heterocycles. The van der Waals surface area contributed by atoms with Gasteiger partial charge in [0.05, 0.1) is 28.4 Å². The summed E-state index contributed by atoms with van der Waals surface area (Å²) < 4.78 is 5.31. The molecule has 0 spiro atoms. The van der Waals surface area contributed by atoms with Crippen LogP contribution in [-0.2, 0) is 0 Å². The largest absolute Gasteiger partial charge is 0.493 e. The van der Waals surface area contributed by atoms with Crippen molar-refractivity contribution in [3.05, 3.63) is 45.2 Å². The minimum atomic E-state index is -0.0727. The average molecular weight is 303 g/mol. The maximum absolute atomic E-state index is 12.6. The van der Waals surface area contributed by atoms with Crippen LogP contribution in [0.5, 0.6) is 5.75 Å². The fourth-order valence-electron chi connectivity index (χ4n) is 2.41. The molecule has 1 aromatic carbocycles.